The van der Waals surface area contributed by atoms with Gasteiger partial charge in [0.2, 0.25) is 0 Å². The first kappa shape index (κ1) is 12.9. The third-order valence-corrected chi connectivity index (χ3v) is 3.36. The summed E-state index contributed by atoms with van der Waals surface area (Å²) in [5.41, 5.74) is 8.65. The molecule has 0 heterocycles. The smallest absolute Gasteiger partial charge is 0.137 e. The lowest BCUT2D eigenvalue weighted by atomic mass is 10.2. The number of hydrogen-bond acceptors (Lipinski definition) is 2. The van der Waals surface area contributed by atoms with Crippen LogP contribution in [0.3, 0.4) is 0 Å². The fourth-order valence-electron chi connectivity index (χ4n) is 1.83. The quantitative estimate of drug-likeness (QED) is 0.874. The lowest BCUT2D eigenvalue weighted by Gasteiger charge is -2.21. The van der Waals surface area contributed by atoms with Gasteiger partial charge in [-0.1, -0.05) is 18.2 Å². The number of halogens is 2. The maximum Gasteiger partial charge on any atom is 0.137 e. The summed E-state index contributed by atoms with van der Waals surface area (Å²) in [7, 11) is 1.96. The average Bonchev–Trinajstić information content (AvgIpc) is 2.34. The summed E-state index contributed by atoms with van der Waals surface area (Å²) in [5, 5.41) is 0. The maximum atomic E-state index is 13.1. The Morgan fingerprint density at radius 3 is 2.61 bits per heavy atom. The summed E-state index contributed by atoms with van der Waals surface area (Å²) in [6, 6.07) is 12.7. The highest BCUT2D eigenvalue weighted by Gasteiger charge is 2.07. The van der Waals surface area contributed by atoms with Gasteiger partial charge in [-0.25, -0.2) is 4.39 Å². The Bertz CT molecular complexity index is 557. The maximum absolute atomic E-state index is 13.1. The number of nitrogens with zero attached hydrogens (tertiary/aromatic N) is 1. The number of anilines is 2. The molecule has 4 heteroatoms. The largest absolute Gasteiger partial charge is 0.397 e. The van der Waals surface area contributed by atoms with Crippen LogP contribution in [-0.4, -0.2) is 7.05 Å². The van der Waals surface area contributed by atoms with E-state index in [0.717, 1.165) is 16.9 Å². The van der Waals surface area contributed by atoms with Gasteiger partial charge in [-0.3, -0.25) is 0 Å². The molecule has 2 aromatic rings. The molecule has 2 rings (SSSR count). The van der Waals surface area contributed by atoms with Gasteiger partial charge in [-0.15, -0.1) is 0 Å². The molecule has 2 nitrogen and oxygen atoms in total. The summed E-state index contributed by atoms with van der Waals surface area (Å²) in [6.07, 6.45) is 0. The number of para-hydroxylation sites is 2. The fraction of sp³-hybridized carbons (Fsp3) is 0.143. The molecule has 0 fully saturated rings. The van der Waals surface area contributed by atoms with E-state index in [-0.39, 0.29) is 5.82 Å². The van der Waals surface area contributed by atoms with Crippen molar-refractivity contribution in [2.75, 3.05) is 17.7 Å². The summed E-state index contributed by atoms with van der Waals surface area (Å²) in [5.74, 6) is -0.249. The second-order valence-electron chi connectivity index (χ2n) is 4.16. The highest BCUT2D eigenvalue weighted by atomic mass is 79.9. The van der Waals surface area contributed by atoms with Crippen molar-refractivity contribution in [1.82, 2.24) is 0 Å². The first-order chi connectivity index (χ1) is 8.58. The zero-order valence-corrected chi connectivity index (χ0v) is 11.6. The molecule has 0 aliphatic carbocycles. The van der Waals surface area contributed by atoms with Gasteiger partial charge >= 0.3 is 0 Å². The van der Waals surface area contributed by atoms with E-state index in [4.69, 9.17) is 5.73 Å². The Morgan fingerprint density at radius 1 is 1.22 bits per heavy atom. The second kappa shape index (κ2) is 5.40. The van der Waals surface area contributed by atoms with Crippen molar-refractivity contribution in [3.8, 4) is 0 Å². The molecule has 0 spiro atoms. The van der Waals surface area contributed by atoms with Crippen LogP contribution in [0.25, 0.3) is 0 Å². The van der Waals surface area contributed by atoms with Crippen LogP contribution in [0.1, 0.15) is 5.56 Å². The monoisotopic (exact) mass is 308 g/mol. The van der Waals surface area contributed by atoms with E-state index in [2.05, 4.69) is 15.9 Å². The fourth-order valence-corrected chi connectivity index (χ4v) is 2.26. The second-order valence-corrected chi connectivity index (χ2v) is 5.02. The van der Waals surface area contributed by atoms with E-state index >= 15 is 0 Å². The van der Waals surface area contributed by atoms with Gasteiger partial charge in [-0.05, 0) is 45.8 Å². The molecule has 2 aromatic carbocycles. The first-order valence-electron chi connectivity index (χ1n) is 5.57. The van der Waals surface area contributed by atoms with Gasteiger partial charge < -0.3 is 10.6 Å². The van der Waals surface area contributed by atoms with E-state index in [1.165, 1.54) is 6.07 Å². The van der Waals surface area contributed by atoms with E-state index in [0.29, 0.717) is 11.0 Å². The number of hydrogen-bond donors (Lipinski definition) is 1. The summed E-state index contributed by atoms with van der Waals surface area (Å²) in [6.45, 7) is 0.674. The SMILES string of the molecule is CN(Cc1ccc(F)c(Br)c1)c1ccccc1N. The molecule has 0 amide bonds. The minimum absolute atomic E-state index is 0.249. The standard InChI is InChI=1S/C14H14BrFN2/c1-18(14-5-3-2-4-13(14)17)9-10-6-7-12(16)11(15)8-10/h2-8H,9,17H2,1H3. The summed E-state index contributed by atoms with van der Waals surface area (Å²) in [4.78, 5) is 2.04. The van der Waals surface area contributed by atoms with Gasteiger partial charge in [-0.2, -0.15) is 0 Å². The van der Waals surface area contributed by atoms with Crippen molar-refractivity contribution in [2.45, 2.75) is 6.54 Å². The summed E-state index contributed by atoms with van der Waals surface area (Å²) < 4.78 is 13.6. The Labute approximate surface area is 114 Å². The van der Waals surface area contributed by atoms with Gasteiger partial charge in [0.1, 0.15) is 5.82 Å². The van der Waals surface area contributed by atoms with Crippen molar-refractivity contribution in [3.63, 3.8) is 0 Å². The highest BCUT2D eigenvalue weighted by molar-refractivity contribution is 9.10. The number of benzene rings is 2. The van der Waals surface area contributed by atoms with Crippen LogP contribution in [0.2, 0.25) is 0 Å². The predicted octanol–water partition coefficient (Wildman–Crippen LogP) is 3.81. The molecule has 0 saturated heterocycles. The number of nitrogens with two attached hydrogens (primary N) is 1. The normalized spacial score (nSPS) is 10.4. The average molecular weight is 309 g/mol. The molecular formula is C14H14BrFN2. The van der Waals surface area contributed by atoms with E-state index in [1.807, 2.05) is 36.2 Å². The number of nitrogen functional groups attached to an aromatic ring is 1. The van der Waals surface area contributed by atoms with Gasteiger partial charge in [0, 0.05) is 13.6 Å². The highest BCUT2D eigenvalue weighted by Crippen LogP contribution is 2.24. The Kier molecular flexibility index (Phi) is 3.87. The topological polar surface area (TPSA) is 29.3 Å². The molecule has 2 N–H and O–H groups in total. The van der Waals surface area contributed by atoms with E-state index in [9.17, 15) is 4.39 Å². The molecule has 0 saturated carbocycles. The van der Waals surface area contributed by atoms with Crippen molar-refractivity contribution >= 4 is 27.3 Å². The molecule has 0 radical (unpaired) electrons. The predicted molar refractivity (Wildman–Crippen MR) is 77.1 cm³/mol. The van der Waals surface area contributed by atoms with Crippen LogP contribution >= 0.6 is 15.9 Å². The van der Waals surface area contributed by atoms with Crippen LogP contribution in [0, 0.1) is 5.82 Å². The number of rotatable bonds is 3. The molecule has 0 aromatic heterocycles. The molecule has 0 atom stereocenters. The molecule has 0 aliphatic heterocycles. The lowest BCUT2D eigenvalue weighted by molar-refractivity contribution is 0.620. The molecule has 94 valence electrons. The van der Waals surface area contributed by atoms with E-state index in [1.54, 1.807) is 12.1 Å². The van der Waals surface area contributed by atoms with Gasteiger partial charge in [0.25, 0.3) is 0 Å². The van der Waals surface area contributed by atoms with Crippen LogP contribution in [-0.2, 0) is 6.54 Å². The Morgan fingerprint density at radius 2 is 1.94 bits per heavy atom. The Balaban J connectivity index is 2.19. The molecule has 0 bridgehead atoms. The van der Waals surface area contributed by atoms with Gasteiger partial charge in [0.15, 0.2) is 0 Å². The third-order valence-electron chi connectivity index (χ3n) is 2.75. The van der Waals surface area contributed by atoms with Crippen molar-refractivity contribution < 1.29 is 4.39 Å². The van der Waals surface area contributed by atoms with Crippen molar-refractivity contribution in [3.05, 3.63) is 58.3 Å². The Hall–Kier alpha value is -1.55. The summed E-state index contributed by atoms with van der Waals surface area (Å²) >= 11 is 3.19. The van der Waals surface area contributed by atoms with E-state index < -0.39 is 0 Å². The minimum atomic E-state index is -0.249. The molecular weight excluding hydrogens is 295 g/mol. The van der Waals surface area contributed by atoms with Crippen LogP contribution < -0.4 is 10.6 Å². The first-order valence-corrected chi connectivity index (χ1v) is 6.37. The van der Waals surface area contributed by atoms with Crippen LogP contribution in [0.15, 0.2) is 46.9 Å². The zero-order chi connectivity index (χ0) is 13.1. The van der Waals surface area contributed by atoms with Crippen molar-refractivity contribution in [2.24, 2.45) is 0 Å². The lowest BCUT2D eigenvalue weighted by Crippen LogP contribution is -2.17. The van der Waals surface area contributed by atoms with Crippen LogP contribution in [0.4, 0.5) is 15.8 Å². The molecule has 0 unspecified atom stereocenters. The zero-order valence-electron chi connectivity index (χ0n) is 10.0. The van der Waals surface area contributed by atoms with Gasteiger partial charge in [0.05, 0.1) is 15.8 Å². The molecule has 18 heavy (non-hydrogen) atoms. The van der Waals surface area contributed by atoms with Crippen molar-refractivity contribution in [1.29, 1.82) is 0 Å². The van der Waals surface area contributed by atoms with Crippen LogP contribution in [0.5, 0.6) is 0 Å². The minimum Gasteiger partial charge on any atom is -0.397 e. The third kappa shape index (κ3) is 2.82. The molecule has 0 aliphatic rings.